The number of nitrogens with one attached hydrogen (secondary N) is 1. The van der Waals surface area contributed by atoms with E-state index in [9.17, 15) is 23.1 Å². The van der Waals surface area contributed by atoms with Gasteiger partial charge in [0.25, 0.3) is 0 Å². The van der Waals surface area contributed by atoms with Crippen molar-refractivity contribution in [3.63, 3.8) is 0 Å². The molecule has 14 heteroatoms. The molecule has 2 amide bonds. The van der Waals surface area contributed by atoms with E-state index in [-0.39, 0.29) is 55.3 Å². The lowest BCUT2D eigenvalue weighted by atomic mass is 10.0. The van der Waals surface area contributed by atoms with Gasteiger partial charge in [0.05, 0.1) is 30.5 Å². The summed E-state index contributed by atoms with van der Waals surface area (Å²) in [6.45, 7) is 3.60. The molecule has 1 aliphatic rings. The number of hydrogen-bond acceptors (Lipinski definition) is 9. The van der Waals surface area contributed by atoms with E-state index in [1.165, 1.54) is 34.5 Å². The zero-order chi connectivity index (χ0) is 28.9. The number of ether oxygens (including phenoxy) is 1. The molecule has 0 radical (unpaired) electrons. The first kappa shape index (κ1) is 29.1. The lowest BCUT2D eigenvalue weighted by Gasteiger charge is -2.33. The molecule has 40 heavy (non-hydrogen) atoms. The number of anilines is 1. The molecule has 0 aliphatic carbocycles. The molecule has 2 heterocycles. The molecule has 0 spiro atoms. The first-order valence-corrected chi connectivity index (χ1v) is 14.2. The Kier molecular flexibility index (Phi) is 9.12. The van der Waals surface area contributed by atoms with Gasteiger partial charge in [0.2, 0.25) is 21.8 Å². The van der Waals surface area contributed by atoms with E-state index in [4.69, 9.17) is 4.74 Å². The summed E-state index contributed by atoms with van der Waals surface area (Å²) in [4.78, 5) is 27.6. The van der Waals surface area contributed by atoms with Gasteiger partial charge in [-0.1, -0.05) is 25.1 Å². The number of carbonyl (C=O) groups excluding carboxylic acids is 2. The highest BCUT2D eigenvalue weighted by Crippen LogP contribution is 2.30. The first-order valence-electron chi connectivity index (χ1n) is 12.8. The van der Waals surface area contributed by atoms with Gasteiger partial charge in [-0.05, 0) is 47.7 Å². The molecule has 0 fully saturated rings. The summed E-state index contributed by atoms with van der Waals surface area (Å²) < 4.78 is 35.4. The molecule has 0 bridgehead atoms. The number of aliphatic hydroxyl groups excluding tert-OH is 1. The fourth-order valence-electron chi connectivity index (χ4n) is 4.45. The summed E-state index contributed by atoms with van der Waals surface area (Å²) >= 11 is 0. The van der Waals surface area contributed by atoms with E-state index in [0.29, 0.717) is 17.0 Å². The van der Waals surface area contributed by atoms with Crippen LogP contribution in [-0.4, -0.2) is 93.6 Å². The standard InChI is InChI=1S/C26H33N7O6S/c1-18-13-33(19(2)16-34)26(36)12-20-11-21(28-25(35)15-32-17-27-29-30-32)9-10-23(20)39-24(18)14-31(3)40(37,38)22-7-5-4-6-8-22/h4-11,17-19,24,34H,12-16H2,1-3H3,(H,28,35)/t18-,19-,24-/m0/s1. The third kappa shape index (κ3) is 6.81. The lowest BCUT2D eigenvalue weighted by Crippen LogP contribution is -2.48. The van der Waals surface area contributed by atoms with Crippen molar-refractivity contribution in [2.75, 3.05) is 32.1 Å². The molecular formula is C26H33N7O6S. The zero-order valence-electron chi connectivity index (χ0n) is 22.5. The number of benzene rings is 2. The van der Waals surface area contributed by atoms with Crippen molar-refractivity contribution in [3.05, 3.63) is 60.4 Å². The van der Waals surface area contributed by atoms with E-state index < -0.39 is 22.2 Å². The van der Waals surface area contributed by atoms with Crippen LogP contribution < -0.4 is 10.1 Å². The van der Waals surface area contributed by atoms with Crippen LogP contribution in [0.1, 0.15) is 19.4 Å². The number of aliphatic hydroxyl groups is 1. The summed E-state index contributed by atoms with van der Waals surface area (Å²) in [5.74, 6) is -0.459. The maximum Gasteiger partial charge on any atom is 0.246 e. The van der Waals surface area contributed by atoms with Gasteiger partial charge < -0.3 is 20.1 Å². The van der Waals surface area contributed by atoms with Crippen LogP contribution in [0.3, 0.4) is 0 Å². The number of nitrogens with zero attached hydrogens (tertiary/aromatic N) is 6. The first-order chi connectivity index (χ1) is 19.1. The summed E-state index contributed by atoms with van der Waals surface area (Å²) in [5.41, 5.74) is 0.968. The van der Waals surface area contributed by atoms with Crippen molar-refractivity contribution in [3.8, 4) is 5.75 Å². The molecule has 0 saturated heterocycles. The fraction of sp³-hybridized carbons (Fsp3) is 0.423. The van der Waals surface area contributed by atoms with Gasteiger partial charge in [0.15, 0.2) is 0 Å². The van der Waals surface area contributed by atoms with Crippen LogP contribution in [0, 0.1) is 5.92 Å². The summed E-state index contributed by atoms with van der Waals surface area (Å²) in [5, 5.41) is 23.3. The second-order valence-corrected chi connectivity index (χ2v) is 11.9. The maximum atomic E-state index is 13.4. The van der Waals surface area contributed by atoms with Crippen molar-refractivity contribution < 1.29 is 27.9 Å². The number of amides is 2. The number of carbonyl (C=O) groups is 2. The smallest absolute Gasteiger partial charge is 0.246 e. The van der Waals surface area contributed by atoms with Crippen LogP contribution in [-0.2, 0) is 32.6 Å². The molecule has 214 valence electrons. The average molecular weight is 572 g/mol. The third-order valence-corrected chi connectivity index (χ3v) is 8.62. The number of rotatable bonds is 9. The monoisotopic (exact) mass is 571 g/mol. The van der Waals surface area contributed by atoms with E-state index >= 15 is 0 Å². The van der Waals surface area contributed by atoms with Gasteiger partial charge in [-0.15, -0.1) is 5.10 Å². The van der Waals surface area contributed by atoms with E-state index in [1.54, 1.807) is 48.2 Å². The van der Waals surface area contributed by atoms with Gasteiger partial charge in [-0.25, -0.2) is 13.1 Å². The molecule has 2 N–H and O–H groups in total. The highest BCUT2D eigenvalue weighted by molar-refractivity contribution is 7.89. The molecular weight excluding hydrogens is 538 g/mol. The Balaban J connectivity index is 1.62. The Morgan fingerprint density at radius 1 is 1.25 bits per heavy atom. The summed E-state index contributed by atoms with van der Waals surface area (Å²) in [6.07, 6.45) is 0.666. The van der Waals surface area contributed by atoms with Gasteiger partial charge in [0.1, 0.15) is 24.7 Å². The van der Waals surface area contributed by atoms with Crippen LogP contribution in [0.15, 0.2) is 59.8 Å². The number of likely N-dealkylation sites (N-methyl/N-ethyl adjacent to an activating group) is 1. The topological polar surface area (TPSA) is 160 Å². The molecule has 0 saturated carbocycles. The number of sulfonamides is 1. The minimum absolute atomic E-state index is 0.0256. The fourth-order valence-corrected chi connectivity index (χ4v) is 5.65. The molecule has 4 rings (SSSR count). The predicted octanol–water partition coefficient (Wildman–Crippen LogP) is 0.782. The molecule has 13 nitrogen and oxygen atoms in total. The van der Waals surface area contributed by atoms with Crippen LogP contribution >= 0.6 is 0 Å². The lowest BCUT2D eigenvalue weighted by molar-refractivity contribution is -0.134. The van der Waals surface area contributed by atoms with Gasteiger partial charge in [0, 0.05) is 30.8 Å². The molecule has 3 atom stereocenters. The van der Waals surface area contributed by atoms with E-state index in [1.807, 2.05) is 6.92 Å². The summed E-state index contributed by atoms with van der Waals surface area (Å²) in [6, 6.07) is 12.6. The Bertz CT molecular complexity index is 1420. The number of hydrogen-bond donors (Lipinski definition) is 2. The van der Waals surface area contributed by atoms with Gasteiger partial charge in [-0.3, -0.25) is 9.59 Å². The minimum atomic E-state index is -3.79. The average Bonchev–Trinajstić information content (AvgIpc) is 3.45. The van der Waals surface area contributed by atoms with Crippen molar-refractivity contribution in [2.24, 2.45) is 5.92 Å². The summed E-state index contributed by atoms with van der Waals surface area (Å²) in [7, 11) is -2.29. The minimum Gasteiger partial charge on any atom is -0.488 e. The predicted molar refractivity (Wildman–Crippen MR) is 145 cm³/mol. The number of tetrazole rings is 1. The van der Waals surface area contributed by atoms with Crippen LogP contribution in [0.2, 0.25) is 0 Å². The normalized spacial score (nSPS) is 18.7. The van der Waals surface area contributed by atoms with Crippen molar-refractivity contribution >= 4 is 27.5 Å². The van der Waals surface area contributed by atoms with Crippen LogP contribution in [0.5, 0.6) is 5.75 Å². The van der Waals surface area contributed by atoms with Crippen molar-refractivity contribution in [1.82, 2.24) is 29.4 Å². The van der Waals surface area contributed by atoms with Crippen molar-refractivity contribution in [1.29, 1.82) is 0 Å². The largest absolute Gasteiger partial charge is 0.488 e. The second-order valence-electron chi connectivity index (χ2n) is 9.86. The molecule has 1 aliphatic heterocycles. The van der Waals surface area contributed by atoms with Crippen LogP contribution in [0.4, 0.5) is 5.69 Å². The Hall–Kier alpha value is -3.88. The second kappa shape index (κ2) is 12.5. The Morgan fingerprint density at radius 2 is 2.00 bits per heavy atom. The van der Waals surface area contributed by atoms with Crippen molar-refractivity contribution in [2.45, 2.75) is 43.9 Å². The van der Waals surface area contributed by atoms with Crippen LogP contribution in [0.25, 0.3) is 0 Å². The molecule has 2 aromatic carbocycles. The zero-order valence-corrected chi connectivity index (χ0v) is 23.4. The van der Waals surface area contributed by atoms with E-state index in [0.717, 1.165) is 0 Å². The Labute approximate surface area is 232 Å². The highest BCUT2D eigenvalue weighted by atomic mass is 32.2. The SMILES string of the molecule is C[C@H]1CN([C@@H](C)CO)C(=O)Cc2cc(NC(=O)Cn3cnnn3)ccc2O[C@H]1CN(C)S(=O)(=O)c1ccccc1. The number of aromatic nitrogens is 4. The van der Waals surface area contributed by atoms with E-state index in [2.05, 4.69) is 20.8 Å². The molecule has 0 unspecified atom stereocenters. The van der Waals surface area contributed by atoms with Gasteiger partial charge in [-0.2, -0.15) is 4.31 Å². The quantitative estimate of drug-likeness (QED) is 0.378. The molecule has 1 aromatic heterocycles. The van der Waals surface area contributed by atoms with Gasteiger partial charge >= 0.3 is 0 Å². The maximum absolute atomic E-state index is 13.4. The number of fused-ring (bicyclic) bond motifs is 1. The highest BCUT2D eigenvalue weighted by Gasteiger charge is 2.33. The molecule has 3 aromatic rings. The third-order valence-electron chi connectivity index (χ3n) is 6.79. The Morgan fingerprint density at radius 3 is 2.67 bits per heavy atom.